The molecule has 100 valence electrons. The molecule has 7 N–H and O–H groups in total. The van der Waals surface area contributed by atoms with E-state index in [0.717, 1.165) is 0 Å². The SMILES string of the molecule is C=CC.N.O=C(O)CC(O)(CC(=O)O)C(=O)O. The third-order valence-electron chi connectivity index (χ3n) is 1.29. The van der Waals surface area contributed by atoms with Crippen molar-refractivity contribution in [3.63, 3.8) is 0 Å². The minimum atomic E-state index is -2.74. The molecule has 0 radical (unpaired) electrons. The van der Waals surface area contributed by atoms with E-state index in [2.05, 4.69) is 6.58 Å². The van der Waals surface area contributed by atoms with Crippen molar-refractivity contribution in [3.05, 3.63) is 12.7 Å². The van der Waals surface area contributed by atoms with Crippen LogP contribution in [0.2, 0.25) is 0 Å². The number of carbonyl (C=O) groups is 3. The predicted octanol–water partition coefficient (Wildman–Crippen LogP) is 0.106. The summed E-state index contributed by atoms with van der Waals surface area (Å²) in [5, 5.41) is 33.8. The Kier molecular flexibility index (Phi) is 11.2. The first-order chi connectivity index (χ1) is 7.19. The molecule has 0 saturated heterocycles. The summed E-state index contributed by atoms with van der Waals surface area (Å²) in [5.74, 6) is -5.02. The van der Waals surface area contributed by atoms with Gasteiger partial charge in [0.05, 0.1) is 12.8 Å². The molecule has 0 aromatic heterocycles. The standard InChI is InChI=1S/C6H8O7.C3H6.H3N/c7-3(8)1-6(13,5(11)12)2-4(9)10;1-3-2;/h13H,1-2H2,(H,7,8)(H,9,10)(H,11,12);3H,1H2,2H3;1H3. The van der Waals surface area contributed by atoms with Crippen LogP contribution in [0.15, 0.2) is 12.7 Å². The van der Waals surface area contributed by atoms with Gasteiger partial charge in [0.1, 0.15) is 0 Å². The Labute approximate surface area is 97.8 Å². The van der Waals surface area contributed by atoms with Gasteiger partial charge in [0, 0.05) is 0 Å². The lowest BCUT2D eigenvalue weighted by atomic mass is 9.96. The zero-order valence-electron chi connectivity index (χ0n) is 9.42. The maximum atomic E-state index is 10.3. The van der Waals surface area contributed by atoms with Gasteiger partial charge in [-0.05, 0) is 6.92 Å². The molecule has 0 heterocycles. The monoisotopic (exact) mass is 251 g/mol. The highest BCUT2D eigenvalue weighted by atomic mass is 16.4. The molecule has 0 aromatic carbocycles. The molecule has 0 aliphatic rings. The van der Waals surface area contributed by atoms with Gasteiger partial charge in [0.25, 0.3) is 0 Å². The number of hydrogen-bond donors (Lipinski definition) is 5. The van der Waals surface area contributed by atoms with Crippen molar-refractivity contribution in [1.82, 2.24) is 6.15 Å². The highest BCUT2D eigenvalue weighted by Crippen LogP contribution is 2.15. The lowest BCUT2D eigenvalue weighted by molar-refractivity contribution is -0.170. The van der Waals surface area contributed by atoms with Crippen molar-refractivity contribution in [2.45, 2.75) is 25.4 Å². The minimum absolute atomic E-state index is 0. The van der Waals surface area contributed by atoms with E-state index in [-0.39, 0.29) is 6.15 Å². The Morgan fingerprint density at radius 2 is 1.35 bits per heavy atom. The van der Waals surface area contributed by atoms with E-state index in [1.54, 1.807) is 6.08 Å². The Morgan fingerprint density at radius 3 is 1.47 bits per heavy atom. The minimum Gasteiger partial charge on any atom is -0.481 e. The van der Waals surface area contributed by atoms with Crippen LogP contribution in [-0.2, 0) is 14.4 Å². The van der Waals surface area contributed by atoms with Crippen molar-refractivity contribution in [2.75, 3.05) is 0 Å². The number of rotatable bonds is 5. The quantitative estimate of drug-likeness (QED) is 0.429. The summed E-state index contributed by atoms with van der Waals surface area (Å²) in [6.45, 7) is 5.25. The lowest BCUT2D eigenvalue weighted by Crippen LogP contribution is -2.42. The highest BCUT2D eigenvalue weighted by molar-refractivity contribution is 5.88. The molecule has 8 heteroatoms. The van der Waals surface area contributed by atoms with E-state index in [1.165, 1.54) is 0 Å². The van der Waals surface area contributed by atoms with Crippen LogP contribution in [0.4, 0.5) is 0 Å². The smallest absolute Gasteiger partial charge is 0.336 e. The van der Waals surface area contributed by atoms with Gasteiger partial charge in [-0.2, -0.15) is 0 Å². The largest absolute Gasteiger partial charge is 0.481 e. The molecule has 0 spiro atoms. The summed E-state index contributed by atoms with van der Waals surface area (Å²) in [7, 11) is 0. The predicted molar refractivity (Wildman–Crippen MR) is 58.0 cm³/mol. The molecule has 0 bridgehead atoms. The van der Waals surface area contributed by atoms with Gasteiger partial charge in [0.15, 0.2) is 5.60 Å². The summed E-state index contributed by atoms with van der Waals surface area (Å²) in [6, 6.07) is 0. The molecule has 0 rings (SSSR count). The van der Waals surface area contributed by atoms with Gasteiger partial charge in [0.2, 0.25) is 0 Å². The number of allylic oxidation sites excluding steroid dienone is 1. The summed E-state index contributed by atoms with van der Waals surface area (Å²) in [6.07, 6.45) is -0.538. The van der Waals surface area contributed by atoms with E-state index < -0.39 is 36.4 Å². The van der Waals surface area contributed by atoms with Crippen molar-refractivity contribution in [3.8, 4) is 0 Å². The topological polar surface area (TPSA) is 167 Å². The van der Waals surface area contributed by atoms with E-state index in [1.807, 2.05) is 6.92 Å². The molecule has 0 atom stereocenters. The normalized spacial score (nSPS) is 9.06. The third kappa shape index (κ3) is 10.4. The average Bonchev–Trinajstić information content (AvgIpc) is 2.01. The first-order valence-electron chi connectivity index (χ1n) is 4.16. The highest BCUT2D eigenvalue weighted by Gasteiger charge is 2.40. The maximum Gasteiger partial charge on any atom is 0.336 e. The Hall–Kier alpha value is -1.93. The second-order valence-electron chi connectivity index (χ2n) is 2.89. The van der Waals surface area contributed by atoms with Crippen molar-refractivity contribution in [1.29, 1.82) is 0 Å². The summed E-state index contributed by atoms with van der Waals surface area (Å²) in [5.41, 5.74) is -2.74. The summed E-state index contributed by atoms with van der Waals surface area (Å²) < 4.78 is 0. The van der Waals surface area contributed by atoms with E-state index >= 15 is 0 Å². The van der Waals surface area contributed by atoms with Gasteiger partial charge >= 0.3 is 17.9 Å². The molecule has 8 nitrogen and oxygen atoms in total. The van der Waals surface area contributed by atoms with E-state index in [9.17, 15) is 14.4 Å². The third-order valence-corrected chi connectivity index (χ3v) is 1.29. The molecular formula is C9H17NO7. The van der Waals surface area contributed by atoms with Crippen LogP contribution in [0.1, 0.15) is 19.8 Å². The van der Waals surface area contributed by atoms with Crippen LogP contribution in [-0.4, -0.2) is 43.9 Å². The van der Waals surface area contributed by atoms with E-state index in [0.29, 0.717) is 0 Å². The maximum absolute atomic E-state index is 10.3. The second-order valence-corrected chi connectivity index (χ2v) is 2.89. The van der Waals surface area contributed by atoms with Gasteiger partial charge in [-0.1, -0.05) is 6.08 Å². The number of carboxylic acid groups (broad SMARTS) is 3. The molecule has 0 aliphatic carbocycles. The Morgan fingerprint density at radius 1 is 1.12 bits per heavy atom. The molecule has 0 amide bonds. The van der Waals surface area contributed by atoms with Crippen LogP contribution < -0.4 is 6.15 Å². The second kappa shape index (κ2) is 9.31. The first kappa shape index (κ1) is 20.5. The number of hydrogen-bond acceptors (Lipinski definition) is 5. The first-order valence-corrected chi connectivity index (χ1v) is 4.16. The van der Waals surface area contributed by atoms with Crippen LogP contribution in [0.5, 0.6) is 0 Å². The van der Waals surface area contributed by atoms with Crippen LogP contribution in [0.3, 0.4) is 0 Å². The fourth-order valence-corrected chi connectivity index (χ4v) is 0.714. The molecule has 0 unspecified atom stereocenters. The number of aliphatic hydroxyl groups is 1. The van der Waals surface area contributed by atoms with E-state index in [4.69, 9.17) is 20.4 Å². The van der Waals surface area contributed by atoms with Crippen molar-refractivity contribution >= 4 is 17.9 Å². The molecule has 0 aromatic rings. The Balaban J connectivity index is -0.000000440. The van der Waals surface area contributed by atoms with Gasteiger partial charge in [-0.15, -0.1) is 6.58 Å². The molecule has 0 aliphatic heterocycles. The van der Waals surface area contributed by atoms with Crippen LogP contribution in [0.25, 0.3) is 0 Å². The van der Waals surface area contributed by atoms with Crippen molar-refractivity contribution < 1.29 is 34.8 Å². The van der Waals surface area contributed by atoms with Gasteiger partial charge in [-0.25, -0.2) is 4.79 Å². The molecular weight excluding hydrogens is 234 g/mol. The van der Waals surface area contributed by atoms with Gasteiger partial charge < -0.3 is 26.6 Å². The summed E-state index contributed by atoms with van der Waals surface area (Å²) >= 11 is 0. The Bertz CT molecular complexity index is 271. The number of aliphatic carboxylic acids is 3. The fourth-order valence-electron chi connectivity index (χ4n) is 0.714. The zero-order valence-corrected chi connectivity index (χ0v) is 9.42. The van der Waals surface area contributed by atoms with Crippen molar-refractivity contribution in [2.24, 2.45) is 0 Å². The molecule has 0 saturated carbocycles. The fraction of sp³-hybridized carbons (Fsp3) is 0.444. The molecule has 17 heavy (non-hydrogen) atoms. The zero-order chi connectivity index (χ0) is 13.4. The van der Waals surface area contributed by atoms with Crippen LogP contribution in [0, 0.1) is 0 Å². The summed E-state index contributed by atoms with van der Waals surface area (Å²) in [4.78, 5) is 30.5. The van der Waals surface area contributed by atoms with Gasteiger partial charge in [-0.3, -0.25) is 9.59 Å². The lowest BCUT2D eigenvalue weighted by Gasteiger charge is -2.18. The molecule has 0 fully saturated rings. The average molecular weight is 251 g/mol. The number of carboxylic acids is 3. The van der Waals surface area contributed by atoms with Crippen LogP contribution >= 0.6 is 0 Å².